The van der Waals surface area contributed by atoms with E-state index in [0.29, 0.717) is 27.8 Å². The first-order chi connectivity index (χ1) is 10.1. The summed E-state index contributed by atoms with van der Waals surface area (Å²) >= 11 is 9.30. The zero-order valence-corrected chi connectivity index (χ0v) is 13.8. The van der Waals surface area contributed by atoms with Gasteiger partial charge >= 0.3 is 0 Å². The summed E-state index contributed by atoms with van der Waals surface area (Å²) in [5, 5.41) is 3.32. The lowest BCUT2D eigenvalue weighted by atomic mass is 10.1. The van der Waals surface area contributed by atoms with Gasteiger partial charge in [-0.05, 0) is 46.3 Å². The zero-order chi connectivity index (χ0) is 15.4. The third-order valence-electron chi connectivity index (χ3n) is 2.82. The highest BCUT2D eigenvalue weighted by atomic mass is 79.9. The number of para-hydroxylation sites is 1. The lowest BCUT2D eigenvalue weighted by Crippen LogP contribution is -2.14. The lowest BCUT2D eigenvalue weighted by molar-refractivity contribution is 0.102. The summed E-state index contributed by atoms with van der Waals surface area (Å²) in [4.78, 5) is 12.4. The van der Waals surface area contributed by atoms with Crippen LogP contribution in [0.2, 0.25) is 5.02 Å². The molecule has 0 aliphatic rings. The van der Waals surface area contributed by atoms with Crippen molar-refractivity contribution in [3.8, 4) is 11.5 Å². The fourth-order valence-electron chi connectivity index (χ4n) is 1.85. The SMILES string of the molecule is COc1cccc(C(=O)Nc2cc(Cl)ccc2Br)c1OC. The van der Waals surface area contributed by atoms with E-state index in [1.165, 1.54) is 14.2 Å². The second-order valence-electron chi connectivity index (χ2n) is 4.12. The molecule has 0 atom stereocenters. The number of methoxy groups -OCH3 is 2. The molecule has 0 bridgehead atoms. The molecular weight excluding hydrogens is 358 g/mol. The molecule has 21 heavy (non-hydrogen) atoms. The third-order valence-corrected chi connectivity index (χ3v) is 3.75. The van der Waals surface area contributed by atoms with Gasteiger partial charge in [0.2, 0.25) is 0 Å². The number of anilines is 1. The Morgan fingerprint density at radius 1 is 1.19 bits per heavy atom. The van der Waals surface area contributed by atoms with E-state index >= 15 is 0 Å². The number of benzene rings is 2. The molecule has 0 saturated heterocycles. The molecule has 4 nitrogen and oxygen atoms in total. The van der Waals surface area contributed by atoms with Gasteiger partial charge in [-0.25, -0.2) is 0 Å². The van der Waals surface area contributed by atoms with Gasteiger partial charge in [-0.2, -0.15) is 0 Å². The summed E-state index contributed by atoms with van der Waals surface area (Å²) in [5.74, 6) is 0.569. The highest BCUT2D eigenvalue weighted by molar-refractivity contribution is 9.10. The van der Waals surface area contributed by atoms with E-state index in [-0.39, 0.29) is 5.91 Å². The maximum Gasteiger partial charge on any atom is 0.259 e. The van der Waals surface area contributed by atoms with Gasteiger partial charge in [-0.15, -0.1) is 0 Å². The Balaban J connectivity index is 2.35. The van der Waals surface area contributed by atoms with Gasteiger partial charge in [0, 0.05) is 9.50 Å². The summed E-state index contributed by atoms with van der Waals surface area (Å²) in [6.07, 6.45) is 0. The summed E-state index contributed by atoms with van der Waals surface area (Å²) in [5.41, 5.74) is 0.959. The minimum atomic E-state index is -0.311. The van der Waals surface area contributed by atoms with Crippen molar-refractivity contribution in [1.82, 2.24) is 0 Å². The number of carbonyl (C=O) groups is 1. The van der Waals surface area contributed by atoms with Gasteiger partial charge in [-0.1, -0.05) is 17.7 Å². The molecule has 0 fully saturated rings. The van der Waals surface area contributed by atoms with Crippen LogP contribution in [-0.4, -0.2) is 20.1 Å². The van der Waals surface area contributed by atoms with Gasteiger partial charge in [0.1, 0.15) is 0 Å². The van der Waals surface area contributed by atoms with E-state index in [1.807, 2.05) is 0 Å². The van der Waals surface area contributed by atoms with Gasteiger partial charge < -0.3 is 14.8 Å². The van der Waals surface area contributed by atoms with Crippen molar-refractivity contribution in [1.29, 1.82) is 0 Å². The normalized spacial score (nSPS) is 10.1. The number of nitrogens with one attached hydrogen (secondary N) is 1. The van der Waals surface area contributed by atoms with Crippen LogP contribution in [0.5, 0.6) is 11.5 Å². The first-order valence-electron chi connectivity index (χ1n) is 6.04. The van der Waals surface area contributed by atoms with Crippen LogP contribution in [0.4, 0.5) is 5.69 Å². The predicted octanol–water partition coefficient (Wildman–Crippen LogP) is 4.37. The Labute approximate surface area is 136 Å². The third kappa shape index (κ3) is 3.49. The number of hydrogen-bond donors (Lipinski definition) is 1. The average molecular weight is 371 g/mol. The second-order valence-corrected chi connectivity index (χ2v) is 5.41. The van der Waals surface area contributed by atoms with Crippen LogP contribution in [0.25, 0.3) is 0 Å². The first kappa shape index (κ1) is 15.7. The Hall–Kier alpha value is -1.72. The highest BCUT2D eigenvalue weighted by Crippen LogP contribution is 2.32. The Morgan fingerprint density at radius 3 is 2.62 bits per heavy atom. The molecule has 2 rings (SSSR count). The van der Waals surface area contributed by atoms with Crippen LogP contribution in [0.15, 0.2) is 40.9 Å². The predicted molar refractivity (Wildman–Crippen MR) is 86.7 cm³/mol. The van der Waals surface area contributed by atoms with E-state index in [4.69, 9.17) is 21.1 Å². The van der Waals surface area contributed by atoms with Crippen LogP contribution in [0.3, 0.4) is 0 Å². The molecule has 2 aromatic carbocycles. The molecule has 0 unspecified atom stereocenters. The van der Waals surface area contributed by atoms with Crippen LogP contribution >= 0.6 is 27.5 Å². The molecule has 0 aliphatic carbocycles. The van der Waals surface area contributed by atoms with E-state index in [0.717, 1.165) is 4.47 Å². The fourth-order valence-corrected chi connectivity index (χ4v) is 2.37. The molecule has 110 valence electrons. The van der Waals surface area contributed by atoms with Crippen molar-refractivity contribution in [2.75, 3.05) is 19.5 Å². The molecule has 6 heteroatoms. The van der Waals surface area contributed by atoms with Crippen molar-refractivity contribution >= 4 is 39.1 Å². The first-order valence-corrected chi connectivity index (χ1v) is 7.21. The topological polar surface area (TPSA) is 47.6 Å². The van der Waals surface area contributed by atoms with Gasteiger partial charge in [-0.3, -0.25) is 4.79 Å². The molecule has 0 spiro atoms. The molecule has 2 aromatic rings. The van der Waals surface area contributed by atoms with Gasteiger partial charge in [0.15, 0.2) is 11.5 Å². The van der Waals surface area contributed by atoms with Crippen LogP contribution in [0.1, 0.15) is 10.4 Å². The Bertz CT molecular complexity index is 676. The van der Waals surface area contributed by atoms with E-state index < -0.39 is 0 Å². The number of hydrogen-bond acceptors (Lipinski definition) is 3. The zero-order valence-electron chi connectivity index (χ0n) is 11.4. The van der Waals surface area contributed by atoms with E-state index in [1.54, 1.807) is 36.4 Å². The number of halogens is 2. The van der Waals surface area contributed by atoms with E-state index in [2.05, 4.69) is 21.2 Å². The van der Waals surface area contributed by atoms with Gasteiger partial charge in [0.05, 0.1) is 25.5 Å². The second kappa shape index (κ2) is 6.83. The van der Waals surface area contributed by atoms with Crippen molar-refractivity contribution in [2.45, 2.75) is 0 Å². The number of amides is 1. The average Bonchev–Trinajstić information content (AvgIpc) is 2.49. The summed E-state index contributed by atoms with van der Waals surface area (Å²) in [6, 6.07) is 10.3. The molecule has 0 heterocycles. The van der Waals surface area contributed by atoms with Crippen LogP contribution in [-0.2, 0) is 0 Å². The number of rotatable bonds is 4. The monoisotopic (exact) mass is 369 g/mol. The molecule has 0 radical (unpaired) electrons. The fraction of sp³-hybridized carbons (Fsp3) is 0.133. The molecule has 1 N–H and O–H groups in total. The largest absolute Gasteiger partial charge is 0.493 e. The molecule has 0 saturated carbocycles. The van der Waals surface area contributed by atoms with Crippen molar-refractivity contribution in [3.05, 3.63) is 51.5 Å². The summed E-state index contributed by atoms with van der Waals surface area (Å²) in [6.45, 7) is 0. The minimum absolute atomic E-state index is 0.311. The summed E-state index contributed by atoms with van der Waals surface area (Å²) in [7, 11) is 3.01. The van der Waals surface area contributed by atoms with Crippen molar-refractivity contribution in [2.24, 2.45) is 0 Å². The summed E-state index contributed by atoms with van der Waals surface area (Å²) < 4.78 is 11.2. The quantitative estimate of drug-likeness (QED) is 0.869. The van der Waals surface area contributed by atoms with Crippen LogP contribution < -0.4 is 14.8 Å². The van der Waals surface area contributed by atoms with E-state index in [9.17, 15) is 4.79 Å². The highest BCUT2D eigenvalue weighted by Gasteiger charge is 2.17. The smallest absolute Gasteiger partial charge is 0.259 e. The Morgan fingerprint density at radius 2 is 1.95 bits per heavy atom. The molecule has 1 amide bonds. The van der Waals surface area contributed by atoms with Crippen molar-refractivity contribution in [3.63, 3.8) is 0 Å². The number of carbonyl (C=O) groups excluding carboxylic acids is 1. The van der Waals surface area contributed by atoms with Gasteiger partial charge in [0.25, 0.3) is 5.91 Å². The maximum atomic E-state index is 12.4. The maximum absolute atomic E-state index is 12.4. The number of ether oxygens (including phenoxy) is 2. The standard InChI is InChI=1S/C15H13BrClNO3/c1-20-13-5-3-4-10(14(13)21-2)15(19)18-12-8-9(17)6-7-11(12)16/h3-8H,1-2H3,(H,18,19). The Kier molecular flexibility index (Phi) is 5.09. The van der Waals surface area contributed by atoms with Crippen LogP contribution in [0, 0.1) is 0 Å². The van der Waals surface area contributed by atoms with Crippen molar-refractivity contribution < 1.29 is 14.3 Å². The molecule has 0 aromatic heterocycles. The lowest BCUT2D eigenvalue weighted by Gasteiger charge is -2.13. The molecule has 0 aliphatic heterocycles. The minimum Gasteiger partial charge on any atom is -0.493 e. The molecular formula is C15H13BrClNO3.